The van der Waals surface area contributed by atoms with Crippen molar-refractivity contribution < 1.29 is 4.39 Å². The quantitative estimate of drug-likeness (QED) is 0.751. The summed E-state index contributed by atoms with van der Waals surface area (Å²) in [5, 5.41) is 6.90. The molecule has 0 fully saturated rings. The first-order valence-corrected chi connectivity index (χ1v) is 6.62. The van der Waals surface area contributed by atoms with Gasteiger partial charge in [-0.3, -0.25) is 0 Å². The Morgan fingerprint density at radius 1 is 1.44 bits per heavy atom. The zero-order valence-corrected chi connectivity index (χ0v) is 10.6. The van der Waals surface area contributed by atoms with Gasteiger partial charge in [0.05, 0.1) is 5.69 Å². The van der Waals surface area contributed by atoms with Crippen LogP contribution >= 0.6 is 11.3 Å². The molecule has 0 aliphatic rings. The molecule has 0 unspecified atom stereocenters. The lowest BCUT2D eigenvalue weighted by molar-refractivity contribution is 0.630. The Balaban J connectivity index is 2.09. The molecule has 0 aliphatic heterocycles. The van der Waals surface area contributed by atoms with Crippen LogP contribution in [0, 0.1) is 5.82 Å². The lowest BCUT2D eigenvalue weighted by Gasteiger charge is -1.96. The summed E-state index contributed by atoms with van der Waals surface area (Å²) in [6, 6.07) is 4.73. The number of fused-ring (bicyclic) bond motifs is 1. The molecule has 18 heavy (non-hydrogen) atoms. The van der Waals surface area contributed by atoms with Crippen LogP contribution in [0.15, 0.2) is 29.8 Å². The SMILES string of the molecule is CCNc1nc(-c2c[nH]c3ccc(F)cc23)cs1. The Kier molecular flexibility index (Phi) is 2.76. The molecule has 0 amide bonds. The molecule has 3 rings (SSSR count). The molecule has 2 heterocycles. The lowest BCUT2D eigenvalue weighted by atomic mass is 10.1. The first-order valence-electron chi connectivity index (χ1n) is 5.74. The van der Waals surface area contributed by atoms with Crippen molar-refractivity contribution in [3.8, 4) is 11.3 Å². The van der Waals surface area contributed by atoms with Crippen LogP contribution in [-0.2, 0) is 0 Å². The largest absolute Gasteiger partial charge is 0.362 e. The maximum Gasteiger partial charge on any atom is 0.183 e. The normalized spacial score (nSPS) is 11.0. The zero-order chi connectivity index (χ0) is 12.5. The second kappa shape index (κ2) is 4.42. The van der Waals surface area contributed by atoms with Gasteiger partial charge < -0.3 is 10.3 Å². The van der Waals surface area contributed by atoms with Crippen LogP contribution in [0.3, 0.4) is 0 Å². The van der Waals surface area contributed by atoms with Crippen LogP contribution in [0.2, 0.25) is 0 Å². The number of hydrogen-bond acceptors (Lipinski definition) is 3. The number of aromatic nitrogens is 2. The number of thiazole rings is 1. The topological polar surface area (TPSA) is 40.7 Å². The number of benzene rings is 1. The monoisotopic (exact) mass is 261 g/mol. The molecule has 1 aromatic carbocycles. The Hall–Kier alpha value is -1.88. The van der Waals surface area contributed by atoms with Gasteiger partial charge in [-0.2, -0.15) is 0 Å². The van der Waals surface area contributed by atoms with E-state index in [1.807, 2.05) is 18.5 Å². The molecule has 5 heteroatoms. The molecule has 0 saturated carbocycles. The van der Waals surface area contributed by atoms with Crippen LogP contribution < -0.4 is 5.32 Å². The predicted molar refractivity (Wildman–Crippen MR) is 73.5 cm³/mol. The van der Waals surface area contributed by atoms with Crippen molar-refractivity contribution >= 4 is 27.4 Å². The van der Waals surface area contributed by atoms with Gasteiger partial charge in [-0.05, 0) is 25.1 Å². The summed E-state index contributed by atoms with van der Waals surface area (Å²) in [5.74, 6) is -0.231. The Morgan fingerprint density at radius 2 is 2.33 bits per heavy atom. The number of anilines is 1. The highest BCUT2D eigenvalue weighted by molar-refractivity contribution is 7.14. The van der Waals surface area contributed by atoms with Crippen molar-refractivity contribution in [2.45, 2.75) is 6.92 Å². The number of aromatic amines is 1. The Labute approximate surface area is 108 Å². The van der Waals surface area contributed by atoms with E-state index in [1.165, 1.54) is 12.1 Å². The third-order valence-electron chi connectivity index (χ3n) is 2.75. The van der Waals surface area contributed by atoms with Gasteiger partial charge in [0.1, 0.15) is 5.82 Å². The van der Waals surface area contributed by atoms with Crippen molar-refractivity contribution in [1.29, 1.82) is 0 Å². The predicted octanol–water partition coefficient (Wildman–Crippen LogP) is 3.86. The standard InChI is InChI=1S/C13H12FN3S/c1-2-15-13-17-12(7-18-13)10-6-16-11-4-3-8(14)5-9(10)11/h3-7,16H,2H2,1H3,(H,15,17). The van der Waals surface area contributed by atoms with Crippen LogP contribution in [0.5, 0.6) is 0 Å². The van der Waals surface area contributed by atoms with Gasteiger partial charge in [0.2, 0.25) is 0 Å². The summed E-state index contributed by atoms with van der Waals surface area (Å²) in [6.07, 6.45) is 1.87. The number of hydrogen-bond donors (Lipinski definition) is 2. The van der Waals surface area contributed by atoms with E-state index in [1.54, 1.807) is 17.4 Å². The fourth-order valence-electron chi connectivity index (χ4n) is 1.93. The van der Waals surface area contributed by atoms with Crippen LogP contribution in [0.4, 0.5) is 9.52 Å². The van der Waals surface area contributed by atoms with Crippen LogP contribution in [0.25, 0.3) is 22.2 Å². The summed E-state index contributed by atoms with van der Waals surface area (Å²) >= 11 is 1.56. The minimum absolute atomic E-state index is 0.231. The van der Waals surface area contributed by atoms with E-state index in [4.69, 9.17) is 0 Å². The van der Waals surface area contributed by atoms with Crippen molar-refractivity contribution in [2.75, 3.05) is 11.9 Å². The fourth-order valence-corrected chi connectivity index (χ4v) is 2.72. The second-order valence-corrected chi connectivity index (χ2v) is 4.82. The smallest absolute Gasteiger partial charge is 0.183 e. The van der Waals surface area contributed by atoms with E-state index in [0.29, 0.717) is 0 Å². The maximum absolute atomic E-state index is 13.3. The molecule has 0 bridgehead atoms. The molecule has 0 aliphatic carbocycles. The number of H-pyrrole nitrogens is 1. The van der Waals surface area contributed by atoms with Gasteiger partial charge in [0, 0.05) is 34.6 Å². The Morgan fingerprint density at radius 3 is 3.17 bits per heavy atom. The molecule has 3 aromatic rings. The highest BCUT2D eigenvalue weighted by Gasteiger charge is 2.10. The van der Waals surface area contributed by atoms with E-state index in [9.17, 15) is 4.39 Å². The molecule has 0 atom stereocenters. The van der Waals surface area contributed by atoms with Gasteiger partial charge in [-0.25, -0.2) is 9.37 Å². The summed E-state index contributed by atoms with van der Waals surface area (Å²) in [4.78, 5) is 7.62. The van der Waals surface area contributed by atoms with Gasteiger partial charge in [0.15, 0.2) is 5.13 Å². The molecule has 0 radical (unpaired) electrons. The molecular weight excluding hydrogens is 249 g/mol. The van der Waals surface area contributed by atoms with Gasteiger partial charge in [-0.1, -0.05) is 0 Å². The molecule has 0 spiro atoms. The van der Waals surface area contributed by atoms with Crippen molar-refractivity contribution in [2.24, 2.45) is 0 Å². The number of nitrogens with zero attached hydrogens (tertiary/aromatic N) is 1. The first kappa shape index (κ1) is 11.2. The van der Waals surface area contributed by atoms with Crippen molar-refractivity contribution in [3.05, 3.63) is 35.6 Å². The maximum atomic E-state index is 13.3. The molecule has 2 aromatic heterocycles. The average molecular weight is 261 g/mol. The second-order valence-electron chi connectivity index (χ2n) is 3.96. The van der Waals surface area contributed by atoms with Crippen molar-refractivity contribution in [1.82, 2.24) is 9.97 Å². The van der Waals surface area contributed by atoms with E-state index in [-0.39, 0.29) is 5.82 Å². The van der Waals surface area contributed by atoms with E-state index in [0.717, 1.165) is 33.8 Å². The molecular formula is C13H12FN3S. The molecule has 3 nitrogen and oxygen atoms in total. The van der Waals surface area contributed by atoms with E-state index >= 15 is 0 Å². The van der Waals surface area contributed by atoms with E-state index in [2.05, 4.69) is 15.3 Å². The van der Waals surface area contributed by atoms with Crippen molar-refractivity contribution in [3.63, 3.8) is 0 Å². The minimum atomic E-state index is -0.231. The zero-order valence-electron chi connectivity index (χ0n) is 9.83. The highest BCUT2D eigenvalue weighted by Crippen LogP contribution is 2.31. The lowest BCUT2D eigenvalue weighted by Crippen LogP contribution is -1.94. The summed E-state index contributed by atoms with van der Waals surface area (Å²) < 4.78 is 13.3. The van der Waals surface area contributed by atoms with Crippen LogP contribution in [-0.4, -0.2) is 16.5 Å². The number of nitrogens with one attached hydrogen (secondary N) is 2. The number of halogens is 1. The summed E-state index contributed by atoms with van der Waals surface area (Å²) in [5.41, 5.74) is 2.72. The minimum Gasteiger partial charge on any atom is -0.362 e. The third-order valence-corrected chi connectivity index (χ3v) is 3.55. The fraction of sp³-hybridized carbons (Fsp3) is 0.154. The summed E-state index contributed by atoms with van der Waals surface area (Å²) in [6.45, 7) is 2.87. The Bertz CT molecular complexity index is 686. The molecule has 0 saturated heterocycles. The summed E-state index contributed by atoms with van der Waals surface area (Å²) in [7, 11) is 0. The highest BCUT2D eigenvalue weighted by atomic mass is 32.1. The first-order chi connectivity index (χ1) is 8.78. The van der Waals surface area contributed by atoms with Gasteiger partial charge in [-0.15, -0.1) is 11.3 Å². The van der Waals surface area contributed by atoms with E-state index < -0.39 is 0 Å². The average Bonchev–Trinajstić information content (AvgIpc) is 2.95. The number of rotatable bonds is 3. The van der Waals surface area contributed by atoms with Crippen LogP contribution in [0.1, 0.15) is 6.92 Å². The van der Waals surface area contributed by atoms with Gasteiger partial charge in [0.25, 0.3) is 0 Å². The molecule has 92 valence electrons. The third kappa shape index (κ3) is 1.86. The molecule has 2 N–H and O–H groups in total. The van der Waals surface area contributed by atoms with Gasteiger partial charge >= 0.3 is 0 Å².